The van der Waals surface area contributed by atoms with Gasteiger partial charge in [0.2, 0.25) is 0 Å². The number of methoxy groups -OCH3 is 1. The molecule has 2 nitrogen and oxygen atoms in total. The average molecular weight is 272 g/mol. The van der Waals surface area contributed by atoms with E-state index in [0.29, 0.717) is 5.56 Å². The summed E-state index contributed by atoms with van der Waals surface area (Å²) in [4.78, 5) is 12.4. The summed E-state index contributed by atoms with van der Waals surface area (Å²) in [7, 11) is 1.43. The summed E-state index contributed by atoms with van der Waals surface area (Å²) < 4.78 is 18.9. The highest BCUT2D eigenvalue weighted by Crippen LogP contribution is 2.24. The van der Waals surface area contributed by atoms with Crippen molar-refractivity contribution in [3.8, 4) is 5.75 Å². The molecule has 0 fully saturated rings. The molecule has 0 aliphatic rings. The van der Waals surface area contributed by atoms with E-state index < -0.39 is 5.82 Å². The van der Waals surface area contributed by atoms with Crippen molar-refractivity contribution in [1.29, 1.82) is 0 Å². The van der Waals surface area contributed by atoms with Crippen LogP contribution in [-0.4, -0.2) is 12.9 Å². The summed E-state index contributed by atoms with van der Waals surface area (Å²) in [6, 6.07) is 11.7. The highest BCUT2D eigenvalue weighted by molar-refractivity contribution is 6.10. The summed E-state index contributed by atoms with van der Waals surface area (Å²) >= 11 is 0. The molecule has 104 valence electrons. The first kappa shape index (κ1) is 14.3. The standard InChI is InChI=1S/C17H17FO2/c1-3-5-12-8-10-13(11-9-12)17(19)16-14(18)6-4-7-15(16)20-2/h4,6-11H,3,5H2,1-2H3. The van der Waals surface area contributed by atoms with Gasteiger partial charge in [0.25, 0.3) is 0 Å². The third kappa shape index (κ3) is 2.87. The number of hydrogen-bond donors (Lipinski definition) is 0. The maximum atomic E-state index is 13.9. The van der Waals surface area contributed by atoms with Gasteiger partial charge in [-0.3, -0.25) is 4.79 Å². The monoisotopic (exact) mass is 272 g/mol. The molecule has 0 aliphatic heterocycles. The van der Waals surface area contributed by atoms with Gasteiger partial charge in [0.1, 0.15) is 17.1 Å². The van der Waals surface area contributed by atoms with Crippen molar-refractivity contribution in [2.75, 3.05) is 7.11 Å². The summed E-state index contributed by atoms with van der Waals surface area (Å²) in [6.45, 7) is 2.10. The number of carbonyl (C=O) groups excluding carboxylic acids is 1. The first-order valence-electron chi connectivity index (χ1n) is 6.63. The molecule has 0 saturated heterocycles. The molecule has 0 radical (unpaired) electrons. The lowest BCUT2D eigenvalue weighted by atomic mass is 10.00. The van der Waals surface area contributed by atoms with Crippen molar-refractivity contribution >= 4 is 5.78 Å². The van der Waals surface area contributed by atoms with E-state index in [1.54, 1.807) is 18.2 Å². The predicted molar refractivity (Wildman–Crippen MR) is 76.8 cm³/mol. The number of hydrogen-bond acceptors (Lipinski definition) is 2. The Bertz CT molecular complexity index is 603. The second kappa shape index (κ2) is 6.33. The highest BCUT2D eigenvalue weighted by Gasteiger charge is 2.18. The number of carbonyl (C=O) groups is 1. The van der Waals surface area contributed by atoms with Gasteiger partial charge >= 0.3 is 0 Å². The fourth-order valence-electron chi connectivity index (χ4n) is 2.15. The van der Waals surface area contributed by atoms with Crippen molar-refractivity contribution in [3.63, 3.8) is 0 Å². The average Bonchev–Trinajstić information content (AvgIpc) is 2.47. The summed E-state index contributed by atoms with van der Waals surface area (Å²) in [5.41, 5.74) is 1.62. The first-order chi connectivity index (χ1) is 9.67. The van der Waals surface area contributed by atoms with Crippen LogP contribution in [0.1, 0.15) is 34.8 Å². The molecular weight excluding hydrogens is 255 g/mol. The van der Waals surface area contributed by atoms with E-state index in [-0.39, 0.29) is 17.1 Å². The van der Waals surface area contributed by atoms with Gasteiger partial charge < -0.3 is 4.74 Å². The molecule has 0 spiro atoms. The summed E-state index contributed by atoms with van der Waals surface area (Å²) in [6.07, 6.45) is 2.02. The van der Waals surface area contributed by atoms with Gasteiger partial charge in [-0.2, -0.15) is 0 Å². The minimum Gasteiger partial charge on any atom is -0.496 e. The van der Waals surface area contributed by atoms with Crippen LogP contribution >= 0.6 is 0 Å². The Kier molecular flexibility index (Phi) is 4.51. The van der Waals surface area contributed by atoms with Crippen molar-refractivity contribution < 1.29 is 13.9 Å². The molecule has 2 aromatic rings. The van der Waals surface area contributed by atoms with Crippen LogP contribution in [0.3, 0.4) is 0 Å². The van der Waals surface area contributed by atoms with Crippen molar-refractivity contribution in [1.82, 2.24) is 0 Å². The fraction of sp³-hybridized carbons (Fsp3) is 0.235. The number of ether oxygens (including phenoxy) is 1. The van der Waals surface area contributed by atoms with E-state index in [9.17, 15) is 9.18 Å². The quantitative estimate of drug-likeness (QED) is 0.768. The third-order valence-electron chi connectivity index (χ3n) is 3.18. The van der Waals surface area contributed by atoms with Gasteiger partial charge in [0.05, 0.1) is 7.11 Å². The second-order valence-electron chi connectivity index (χ2n) is 4.59. The molecule has 2 aromatic carbocycles. The van der Waals surface area contributed by atoms with Gasteiger partial charge in [-0.25, -0.2) is 4.39 Å². The lowest BCUT2D eigenvalue weighted by molar-refractivity contribution is 0.103. The minimum atomic E-state index is -0.563. The third-order valence-corrected chi connectivity index (χ3v) is 3.18. The normalized spacial score (nSPS) is 10.3. The zero-order valence-electron chi connectivity index (χ0n) is 11.7. The number of benzene rings is 2. The topological polar surface area (TPSA) is 26.3 Å². The van der Waals surface area contributed by atoms with Gasteiger partial charge in [-0.1, -0.05) is 43.7 Å². The van der Waals surface area contributed by atoms with Crippen molar-refractivity contribution in [3.05, 3.63) is 65.0 Å². The van der Waals surface area contributed by atoms with E-state index in [1.807, 2.05) is 12.1 Å². The number of aryl methyl sites for hydroxylation is 1. The molecule has 0 atom stereocenters. The Balaban J connectivity index is 2.36. The molecule has 0 saturated carbocycles. The number of rotatable bonds is 5. The van der Waals surface area contributed by atoms with Gasteiger partial charge in [-0.05, 0) is 24.1 Å². The molecule has 0 aliphatic carbocycles. The summed E-state index contributed by atoms with van der Waals surface area (Å²) in [5, 5.41) is 0. The molecule has 2 rings (SSSR count). The number of halogens is 1. The van der Waals surface area contributed by atoms with Gasteiger partial charge in [0.15, 0.2) is 5.78 Å². The zero-order valence-corrected chi connectivity index (χ0v) is 11.7. The predicted octanol–water partition coefficient (Wildman–Crippen LogP) is 4.02. The van der Waals surface area contributed by atoms with E-state index in [2.05, 4.69) is 6.92 Å². The maximum absolute atomic E-state index is 13.9. The smallest absolute Gasteiger partial charge is 0.199 e. The molecular formula is C17H17FO2. The minimum absolute atomic E-state index is 0.0155. The van der Waals surface area contributed by atoms with Crippen LogP contribution in [0.2, 0.25) is 0 Å². The molecule has 0 bridgehead atoms. The van der Waals surface area contributed by atoms with Crippen LogP contribution in [0, 0.1) is 5.82 Å². The van der Waals surface area contributed by atoms with Crippen LogP contribution in [0.5, 0.6) is 5.75 Å². The first-order valence-corrected chi connectivity index (χ1v) is 6.63. The molecule has 0 aromatic heterocycles. The van der Waals surface area contributed by atoms with Gasteiger partial charge in [0, 0.05) is 5.56 Å². The molecule has 0 heterocycles. The lowest BCUT2D eigenvalue weighted by Crippen LogP contribution is -2.07. The summed E-state index contributed by atoms with van der Waals surface area (Å²) in [5.74, 6) is -0.664. The van der Waals surface area contributed by atoms with Gasteiger partial charge in [-0.15, -0.1) is 0 Å². The van der Waals surface area contributed by atoms with Crippen LogP contribution in [0.25, 0.3) is 0 Å². The van der Waals surface area contributed by atoms with E-state index >= 15 is 0 Å². The van der Waals surface area contributed by atoms with E-state index in [1.165, 1.54) is 24.8 Å². The highest BCUT2D eigenvalue weighted by atomic mass is 19.1. The largest absolute Gasteiger partial charge is 0.496 e. The number of ketones is 1. The van der Waals surface area contributed by atoms with Crippen molar-refractivity contribution in [2.45, 2.75) is 19.8 Å². The molecule has 0 amide bonds. The Morgan fingerprint density at radius 1 is 1.15 bits per heavy atom. The van der Waals surface area contributed by atoms with E-state index in [4.69, 9.17) is 4.74 Å². The van der Waals surface area contributed by atoms with Crippen LogP contribution in [0.15, 0.2) is 42.5 Å². The van der Waals surface area contributed by atoms with Crippen LogP contribution in [-0.2, 0) is 6.42 Å². The van der Waals surface area contributed by atoms with Crippen molar-refractivity contribution in [2.24, 2.45) is 0 Å². The lowest BCUT2D eigenvalue weighted by Gasteiger charge is -2.09. The molecule has 0 N–H and O–H groups in total. The molecule has 0 unspecified atom stereocenters. The van der Waals surface area contributed by atoms with Crippen LogP contribution in [0.4, 0.5) is 4.39 Å². The second-order valence-corrected chi connectivity index (χ2v) is 4.59. The Labute approximate surface area is 118 Å². The maximum Gasteiger partial charge on any atom is 0.199 e. The fourth-order valence-corrected chi connectivity index (χ4v) is 2.15. The Hall–Kier alpha value is -2.16. The zero-order chi connectivity index (χ0) is 14.5. The Morgan fingerprint density at radius 2 is 1.85 bits per heavy atom. The van der Waals surface area contributed by atoms with E-state index in [0.717, 1.165) is 12.8 Å². The molecule has 3 heteroatoms. The van der Waals surface area contributed by atoms with Crippen LogP contribution < -0.4 is 4.74 Å². The Morgan fingerprint density at radius 3 is 2.45 bits per heavy atom. The molecule has 20 heavy (non-hydrogen) atoms. The SMILES string of the molecule is CCCc1ccc(C(=O)c2c(F)cccc2OC)cc1.